The predicted molar refractivity (Wildman–Crippen MR) is 157 cm³/mol. The molecule has 0 aliphatic carbocycles. The van der Waals surface area contributed by atoms with Gasteiger partial charge in [0.2, 0.25) is 0 Å². The van der Waals surface area contributed by atoms with Crippen LogP contribution < -0.4 is 4.74 Å². The van der Waals surface area contributed by atoms with Gasteiger partial charge in [0.15, 0.2) is 9.84 Å². The summed E-state index contributed by atoms with van der Waals surface area (Å²) in [5.41, 5.74) is 2.79. The quantitative estimate of drug-likeness (QED) is 0.113. The fourth-order valence-corrected chi connectivity index (χ4v) is 8.15. The van der Waals surface area contributed by atoms with E-state index in [-0.39, 0.29) is 27.7 Å². The van der Waals surface area contributed by atoms with Gasteiger partial charge in [0.05, 0.1) is 18.5 Å². The first-order valence-electron chi connectivity index (χ1n) is 12.2. The van der Waals surface area contributed by atoms with Gasteiger partial charge < -0.3 is 4.74 Å². The SMILES string of the molecule is COc1ccccc1S(=O)(=O)C(Cc1ccc(CP(=O)(OF)OF)c(Cl)c1)c1ccccc1-c1cccc(SC)c1. The molecule has 0 radical (unpaired) electrons. The van der Waals surface area contributed by atoms with Crippen LogP contribution in [0, 0.1) is 0 Å². The second-order valence-corrected chi connectivity index (χ2v) is 14.2. The molecule has 0 heterocycles. The van der Waals surface area contributed by atoms with Crippen molar-refractivity contribution in [3.8, 4) is 16.9 Å². The maximum atomic E-state index is 14.4. The third-order valence-electron chi connectivity index (χ3n) is 6.55. The highest BCUT2D eigenvalue weighted by atomic mass is 35.5. The molecule has 4 aromatic rings. The van der Waals surface area contributed by atoms with Crippen molar-refractivity contribution < 1.29 is 36.2 Å². The number of para-hydroxylation sites is 1. The second kappa shape index (κ2) is 13.5. The van der Waals surface area contributed by atoms with Crippen LogP contribution in [0.3, 0.4) is 0 Å². The van der Waals surface area contributed by atoms with Crippen molar-refractivity contribution >= 4 is 40.8 Å². The maximum absolute atomic E-state index is 14.4. The van der Waals surface area contributed by atoms with Crippen molar-refractivity contribution in [2.24, 2.45) is 0 Å². The Kier molecular flexibility index (Phi) is 10.3. The van der Waals surface area contributed by atoms with Gasteiger partial charge in [-0.3, -0.25) is 4.57 Å². The molecule has 0 N–H and O–H groups in total. The predicted octanol–water partition coefficient (Wildman–Crippen LogP) is 8.99. The monoisotopic (exact) mass is 638 g/mol. The molecular weight excluding hydrogens is 613 g/mol. The van der Waals surface area contributed by atoms with Crippen molar-refractivity contribution in [3.63, 3.8) is 0 Å². The highest BCUT2D eigenvalue weighted by Gasteiger charge is 2.34. The van der Waals surface area contributed by atoms with Gasteiger partial charge in [0, 0.05) is 9.92 Å². The van der Waals surface area contributed by atoms with Crippen LogP contribution in [-0.4, -0.2) is 21.8 Å². The van der Waals surface area contributed by atoms with Gasteiger partial charge in [-0.2, -0.15) is 0 Å². The van der Waals surface area contributed by atoms with E-state index < -0.39 is 28.8 Å². The molecule has 4 aromatic carbocycles. The largest absolute Gasteiger partial charge is 0.495 e. The third kappa shape index (κ3) is 7.02. The number of hydrogen-bond acceptors (Lipinski definition) is 7. The molecular formula is C29H26ClF2O6PS2. The van der Waals surface area contributed by atoms with E-state index >= 15 is 0 Å². The van der Waals surface area contributed by atoms with Crippen LogP contribution in [0.2, 0.25) is 5.02 Å². The number of ether oxygens (including phenoxy) is 1. The molecule has 41 heavy (non-hydrogen) atoms. The standard InChI is InChI=1S/C29H26ClF2O6PS2/c1-36-27-12-5-6-13-28(27)41(34,35)29(17-20-14-15-22(26(30)16-20)19-39(33,37-31)38-32)25-11-4-3-10-24(25)21-8-7-9-23(18-21)40-2/h3-16,18,29H,17,19H2,1-2H3. The van der Waals surface area contributed by atoms with Crippen molar-refractivity contribution in [2.75, 3.05) is 13.4 Å². The number of halogens is 3. The number of methoxy groups -OCH3 is 1. The summed E-state index contributed by atoms with van der Waals surface area (Å²) >= 11 is 7.95. The summed E-state index contributed by atoms with van der Waals surface area (Å²) in [5.74, 6) is 0.209. The van der Waals surface area contributed by atoms with Crippen molar-refractivity contribution in [1.29, 1.82) is 0 Å². The second-order valence-electron chi connectivity index (χ2n) is 9.04. The normalized spacial score (nSPS) is 12.7. The lowest BCUT2D eigenvalue weighted by Gasteiger charge is -2.23. The van der Waals surface area contributed by atoms with E-state index in [2.05, 4.69) is 9.46 Å². The van der Waals surface area contributed by atoms with E-state index in [1.807, 2.05) is 42.7 Å². The molecule has 12 heteroatoms. The first-order chi connectivity index (χ1) is 19.7. The van der Waals surface area contributed by atoms with E-state index in [1.165, 1.54) is 25.3 Å². The van der Waals surface area contributed by atoms with Crippen LogP contribution in [0.25, 0.3) is 11.1 Å². The van der Waals surface area contributed by atoms with Gasteiger partial charge in [0.1, 0.15) is 10.6 Å². The van der Waals surface area contributed by atoms with E-state index in [0.717, 1.165) is 16.0 Å². The minimum atomic E-state index is -4.67. The van der Waals surface area contributed by atoms with E-state index in [9.17, 15) is 22.0 Å². The molecule has 6 nitrogen and oxygen atoms in total. The van der Waals surface area contributed by atoms with Gasteiger partial charge >= 0.3 is 7.60 Å². The molecule has 0 aliphatic heterocycles. The molecule has 1 atom stereocenters. The number of rotatable bonds is 12. The fraction of sp³-hybridized carbons (Fsp3) is 0.172. The smallest absolute Gasteiger partial charge is 0.399 e. The lowest BCUT2D eigenvalue weighted by Crippen LogP contribution is -2.18. The van der Waals surface area contributed by atoms with Gasteiger partial charge in [-0.15, -0.1) is 21.2 Å². The number of thioether (sulfide) groups is 1. The molecule has 4 rings (SSSR count). The van der Waals surface area contributed by atoms with Crippen molar-refractivity contribution in [3.05, 3.63) is 113 Å². The Balaban J connectivity index is 1.86. The number of hydrogen-bond donors (Lipinski definition) is 0. The minimum absolute atomic E-state index is 0.00348. The molecule has 0 aromatic heterocycles. The molecule has 0 bridgehead atoms. The Morgan fingerprint density at radius 1 is 0.927 bits per heavy atom. The van der Waals surface area contributed by atoms with E-state index in [0.29, 0.717) is 11.1 Å². The Hall–Kier alpha value is -2.72. The minimum Gasteiger partial charge on any atom is -0.495 e. The van der Waals surface area contributed by atoms with Gasteiger partial charge in [-0.05, 0) is 79.9 Å². The van der Waals surface area contributed by atoms with Crippen LogP contribution in [0.5, 0.6) is 5.75 Å². The molecule has 1 unspecified atom stereocenters. The van der Waals surface area contributed by atoms with Crippen molar-refractivity contribution in [1.82, 2.24) is 0 Å². The summed E-state index contributed by atoms with van der Waals surface area (Å²) in [7, 11) is -7.32. The number of benzene rings is 4. The average Bonchev–Trinajstić information content (AvgIpc) is 3.01. The zero-order valence-corrected chi connectivity index (χ0v) is 25.3. The molecule has 0 saturated carbocycles. The molecule has 216 valence electrons. The van der Waals surface area contributed by atoms with Crippen LogP contribution in [0.1, 0.15) is 21.9 Å². The van der Waals surface area contributed by atoms with Crippen LogP contribution >= 0.6 is 31.0 Å². The Morgan fingerprint density at radius 2 is 1.63 bits per heavy atom. The zero-order chi connectivity index (χ0) is 29.6. The maximum Gasteiger partial charge on any atom is 0.399 e. The van der Waals surface area contributed by atoms with Gasteiger partial charge in [0.25, 0.3) is 0 Å². The molecule has 0 aliphatic rings. The fourth-order valence-electron chi connectivity index (χ4n) is 4.55. The highest BCUT2D eigenvalue weighted by Crippen LogP contribution is 2.53. The first kappa shape index (κ1) is 31.2. The first-order valence-corrected chi connectivity index (χ1v) is 17.1. The highest BCUT2D eigenvalue weighted by molar-refractivity contribution is 7.98. The Bertz CT molecular complexity index is 1680. The number of sulfone groups is 1. The van der Waals surface area contributed by atoms with Gasteiger partial charge in [-0.1, -0.05) is 72.3 Å². The van der Waals surface area contributed by atoms with Crippen molar-refractivity contribution in [2.45, 2.75) is 27.6 Å². The molecule has 0 amide bonds. The molecule has 0 spiro atoms. The Morgan fingerprint density at radius 3 is 2.32 bits per heavy atom. The van der Waals surface area contributed by atoms with Gasteiger partial charge in [-0.25, -0.2) is 8.42 Å². The average molecular weight is 639 g/mol. The lowest BCUT2D eigenvalue weighted by atomic mass is 9.94. The zero-order valence-electron chi connectivity index (χ0n) is 22.0. The summed E-state index contributed by atoms with van der Waals surface area (Å²) in [5, 5.41) is -1.06. The summed E-state index contributed by atoms with van der Waals surface area (Å²) in [6.45, 7) is 0. The lowest BCUT2D eigenvalue weighted by molar-refractivity contribution is -0.0881. The van der Waals surface area contributed by atoms with E-state index in [1.54, 1.807) is 48.2 Å². The molecule has 0 saturated heterocycles. The van der Waals surface area contributed by atoms with Crippen LogP contribution in [-0.2, 0) is 36.4 Å². The summed E-state index contributed by atoms with van der Waals surface area (Å²) in [4.78, 5) is 1.06. The summed E-state index contributed by atoms with van der Waals surface area (Å²) in [6, 6.07) is 25.9. The Labute approximate surface area is 246 Å². The van der Waals surface area contributed by atoms with Crippen LogP contribution in [0.15, 0.2) is 101 Å². The summed E-state index contributed by atoms with van der Waals surface area (Å²) < 4.78 is 77.7. The summed E-state index contributed by atoms with van der Waals surface area (Å²) in [6.07, 6.45) is 1.21. The van der Waals surface area contributed by atoms with E-state index in [4.69, 9.17) is 16.3 Å². The molecule has 0 fully saturated rings. The van der Waals surface area contributed by atoms with Crippen LogP contribution in [0.4, 0.5) is 9.05 Å². The third-order valence-corrected chi connectivity index (χ3v) is 10.9. The topological polar surface area (TPSA) is 78.9 Å².